The zero-order chi connectivity index (χ0) is 14.7. The maximum absolute atomic E-state index is 11.0. The Bertz CT molecular complexity index is 271. The van der Waals surface area contributed by atoms with Crippen molar-refractivity contribution in [1.29, 1.82) is 0 Å². The Hall–Kier alpha value is -0.330. The smallest absolute Gasteiger partial charge is 0.372 e. The third-order valence-electron chi connectivity index (χ3n) is 2.59. The first-order chi connectivity index (χ1) is 9.02. The zero-order valence-corrected chi connectivity index (χ0v) is 13.3. The van der Waals surface area contributed by atoms with Gasteiger partial charge in [0.2, 0.25) is 0 Å². The normalized spacial score (nSPS) is 13.7. The fourth-order valence-electron chi connectivity index (χ4n) is 1.31. The molecule has 6 heteroatoms. The van der Waals surface area contributed by atoms with E-state index in [1.165, 1.54) is 7.11 Å². The van der Waals surface area contributed by atoms with E-state index < -0.39 is 5.97 Å². The molecule has 0 aromatic carbocycles. The molecule has 2 unspecified atom stereocenters. The number of methoxy groups -OCH3 is 1. The second-order valence-electron chi connectivity index (χ2n) is 4.25. The highest BCUT2D eigenvalue weighted by molar-refractivity contribution is 7.99. The van der Waals surface area contributed by atoms with Gasteiger partial charge in [0.1, 0.15) is 0 Å². The predicted octanol–water partition coefficient (Wildman–Crippen LogP) is 2.13. The van der Waals surface area contributed by atoms with Crippen LogP contribution in [0.3, 0.4) is 0 Å². The molecule has 0 amide bonds. The quantitative estimate of drug-likeness (QED) is 0.201. The van der Waals surface area contributed by atoms with E-state index in [9.17, 15) is 4.79 Å². The molecular weight excluding hydrogens is 284 g/mol. The Morgan fingerprint density at radius 1 is 1.53 bits per heavy atom. The molecule has 0 aromatic heterocycles. The van der Waals surface area contributed by atoms with E-state index in [0.717, 1.165) is 24.3 Å². The maximum atomic E-state index is 11.0. The number of hydrogen-bond donors (Lipinski definition) is 2. The zero-order valence-electron chi connectivity index (χ0n) is 11.6. The minimum Gasteiger partial charge on any atom is -0.487 e. The van der Waals surface area contributed by atoms with Crippen LogP contribution in [0.5, 0.6) is 0 Å². The monoisotopic (exact) mass is 308 g/mol. The van der Waals surface area contributed by atoms with Crippen molar-refractivity contribution in [3.05, 3.63) is 12.3 Å². The predicted molar refractivity (Wildman–Crippen MR) is 82.7 cm³/mol. The molecule has 0 aliphatic carbocycles. The van der Waals surface area contributed by atoms with Crippen molar-refractivity contribution in [2.24, 2.45) is 5.92 Å². The van der Waals surface area contributed by atoms with Gasteiger partial charge in [0.05, 0.1) is 13.7 Å². The second kappa shape index (κ2) is 11.5. The summed E-state index contributed by atoms with van der Waals surface area (Å²) in [5.41, 5.74) is 0. The molecule has 0 rings (SSSR count). The van der Waals surface area contributed by atoms with Crippen LogP contribution in [0.15, 0.2) is 12.3 Å². The van der Waals surface area contributed by atoms with Crippen LogP contribution in [0.1, 0.15) is 19.8 Å². The number of thiol groups is 1. The summed E-state index contributed by atoms with van der Waals surface area (Å²) in [6.45, 7) is 6.28. The van der Waals surface area contributed by atoms with Crippen LogP contribution in [0, 0.1) is 5.92 Å². The minimum atomic E-state index is -0.539. The Morgan fingerprint density at radius 3 is 2.79 bits per heavy atom. The van der Waals surface area contributed by atoms with Gasteiger partial charge < -0.3 is 14.6 Å². The van der Waals surface area contributed by atoms with Crippen molar-refractivity contribution < 1.29 is 19.4 Å². The molecule has 19 heavy (non-hydrogen) atoms. The number of ether oxygens (including phenoxy) is 2. The van der Waals surface area contributed by atoms with Gasteiger partial charge in [0, 0.05) is 11.9 Å². The summed E-state index contributed by atoms with van der Waals surface area (Å²) in [6, 6.07) is 0. The lowest BCUT2D eigenvalue weighted by Crippen LogP contribution is -2.17. The van der Waals surface area contributed by atoms with Crippen LogP contribution in [0.25, 0.3) is 0 Å². The number of carbonyl (C=O) groups is 1. The van der Waals surface area contributed by atoms with Gasteiger partial charge in [0.15, 0.2) is 5.76 Å². The third kappa shape index (κ3) is 9.24. The van der Waals surface area contributed by atoms with Crippen LogP contribution in [-0.4, -0.2) is 48.2 Å². The van der Waals surface area contributed by atoms with E-state index >= 15 is 0 Å². The highest BCUT2D eigenvalue weighted by atomic mass is 32.2. The van der Waals surface area contributed by atoms with Crippen molar-refractivity contribution >= 4 is 30.4 Å². The first kappa shape index (κ1) is 18.7. The molecule has 0 fully saturated rings. The van der Waals surface area contributed by atoms with Crippen LogP contribution in [0.4, 0.5) is 0 Å². The number of aliphatic hydroxyl groups excluding tert-OH is 1. The van der Waals surface area contributed by atoms with Gasteiger partial charge in [0.25, 0.3) is 0 Å². The summed E-state index contributed by atoms with van der Waals surface area (Å²) in [7, 11) is 1.30. The van der Waals surface area contributed by atoms with Crippen LogP contribution < -0.4 is 0 Å². The summed E-state index contributed by atoms with van der Waals surface area (Å²) in [4.78, 5) is 11.0. The Morgan fingerprint density at radius 2 is 2.21 bits per heavy atom. The molecule has 0 aliphatic rings. The summed E-state index contributed by atoms with van der Waals surface area (Å²) < 4.78 is 9.69. The Balaban J connectivity index is 3.69. The number of carbonyl (C=O) groups excluding carboxylic acids is 1. The number of esters is 1. The van der Waals surface area contributed by atoms with Gasteiger partial charge in [-0.2, -0.15) is 24.4 Å². The Kier molecular flexibility index (Phi) is 11.3. The summed E-state index contributed by atoms with van der Waals surface area (Å²) in [5, 5.41) is 8.90. The van der Waals surface area contributed by atoms with Crippen molar-refractivity contribution in [3.8, 4) is 0 Å². The van der Waals surface area contributed by atoms with Crippen LogP contribution in [-0.2, 0) is 14.3 Å². The highest BCUT2D eigenvalue weighted by Gasteiger charge is 2.14. The molecule has 2 atom stereocenters. The van der Waals surface area contributed by atoms with Gasteiger partial charge in [-0.05, 0) is 36.8 Å². The van der Waals surface area contributed by atoms with Crippen molar-refractivity contribution in [2.75, 3.05) is 31.8 Å². The first-order valence-corrected chi connectivity index (χ1v) is 7.96. The van der Waals surface area contributed by atoms with Gasteiger partial charge in [-0.25, -0.2) is 4.79 Å². The fourth-order valence-corrected chi connectivity index (χ4v) is 2.76. The summed E-state index contributed by atoms with van der Waals surface area (Å²) in [5.74, 6) is 1.92. The van der Waals surface area contributed by atoms with Crippen molar-refractivity contribution in [1.82, 2.24) is 0 Å². The average molecular weight is 308 g/mol. The number of aliphatic hydroxyl groups is 1. The molecule has 0 spiro atoms. The first-order valence-electron chi connectivity index (χ1n) is 6.29. The van der Waals surface area contributed by atoms with E-state index in [2.05, 4.69) is 30.9 Å². The van der Waals surface area contributed by atoms with Gasteiger partial charge >= 0.3 is 5.97 Å². The third-order valence-corrected chi connectivity index (χ3v) is 4.69. The fraction of sp³-hybridized carbons (Fsp3) is 0.769. The second-order valence-corrected chi connectivity index (χ2v) is 6.06. The van der Waals surface area contributed by atoms with E-state index in [4.69, 9.17) is 9.84 Å². The largest absolute Gasteiger partial charge is 0.487 e. The maximum Gasteiger partial charge on any atom is 0.372 e. The minimum absolute atomic E-state index is 0.0352. The lowest BCUT2D eigenvalue weighted by molar-refractivity contribution is -0.140. The molecule has 0 radical (unpaired) electrons. The Labute approximate surface area is 125 Å². The standard InChI is InChI=1S/C13H24O4S2/c1-10(9-19-8-4-6-14)12(18)5-7-17-11(2)13(15)16-3/h10,12,14,18H,2,4-9H2,1,3H3. The van der Waals surface area contributed by atoms with E-state index in [0.29, 0.717) is 12.5 Å². The van der Waals surface area contributed by atoms with Crippen molar-refractivity contribution in [3.63, 3.8) is 0 Å². The molecule has 112 valence electrons. The highest BCUT2D eigenvalue weighted by Crippen LogP contribution is 2.19. The molecule has 0 aromatic rings. The molecular formula is C13H24O4S2. The van der Waals surface area contributed by atoms with Crippen LogP contribution >= 0.6 is 24.4 Å². The lowest BCUT2D eigenvalue weighted by Gasteiger charge is -2.19. The molecule has 0 bridgehead atoms. The van der Waals surface area contributed by atoms with Crippen LogP contribution in [0.2, 0.25) is 0 Å². The molecule has 4 nitrogen and oxygen atoms in total. The summed E-state index contributed by atoms with van der Waals surface area (Å²) in [6.07, 6.45) is 1.58. The molecule has 1 N–H and O–H groups in total. The number of thioether (sulfide) groups is 1. The average Bonchev–Trinajstić information content (AvgIpc) is 2.41. The topological polar surface area (TPSA) is 55.8 Å². The number of rotatable bonds is 11. The molecule has 0 aliphatic heterocycles. The van der Waals surface area contributed by atoms with E-state index in [1.54, 1.807) is 0 Å². The lowest BCUT2D eigenvalue weighted by atomic mass is 10.1. The SMILES string of the molecule is C=C(OCCC(S)C(C)CSCCCO)C(=O)OC. The molecule has 0 saturated carbocycles. The van der Waals surface area contributed by atoms with E-state index in [-0.39, 0.29) is 17.6 Å². The molecule has 0 saturated heterocycles. The van der Waals surface area contributed by atoms with E-state index in [1.807, 2.05) is 11.8 Å². The van der Waals surface area contributed by atoms with Gasteiger partial charge in [-0.3, -0.25) is 0 Å². The summed E-state index contributed by atoms with van der Waals surface area (Å²) >= 11 is 6.36. The van der Waals surface area contributed by atoms with Gasteiger partial charge in [-0.1, -0.05) is 6.92 Å². The number of hydrogen-bond acceptors (Lipinski definition) is 6. The van der Waals surface area contributed by atoms with Gasteiger partial charge in [-0.15, -0.1) is 0 Å². The molecule has 0 heterocycles. The van der Waals surface area contributed by atoms with Crippen molar-refractivity contribution in [2.45, 2.75) is 25.0 Å².